The fraction of sp³-hybridized carbons (Fsp3) is 0.208. The van der Waals surface area contributed by atoms with Crippen LogP contribution in [0, 0.1) is 30.9 Å². The Morgan fingerprint density at radius 2 is 1.88 bits per heavy atom. The van der Waals surface area contributed by atoms with Gasteiger partial charge in [0, 0.05) is 11.5 Å². The molecule has 174 valence electrons. The molecular weight excluding hydrogens is 456 g/mol. The van der Waals surface area contributed by atoms with Crippen LogP contribution in [0.3, 0.4) is 0 Å². The zero-order valence-corrected chi connectivity index (χ0v) is 19.6. The average molecular weight is 479 g/mol. The Labute approximate surface area is 199 Å². The number of benzene rings is 2. The van der Waals surface area contributed by atoms with Crippen LogP contribution in [0.5, 0.6) is 0 Å². The number of esters is 1. The van der Waals surface area contributed by atoms with E-state index in [2.05, 4.69) is 10.4 Å². The van der Waals surface area contributed by atoms with Crippen LogP contribution in [0.1, 0.15) is 32.1 Å². The van der Waals surface area contributed by atoms with Gasteiger partial charge in [0.25, 0.3) is 11.6 Å². The summed E-state index contributed by atoms with van der Waals surface area (Å²) in [5, 5.41) is 19.2. The van der Waals surface area contributed by atoms with Crippen molar-refractivity contribution in [2.75, 3.05) is 11.9 Å². The molecule has 0 bridgehead atoms. The second-order valence-electron chi connectivity index (χ2n) is 7.84. The maximum atomic E-state index is 12.6. The topological polar surface area (TPSA) is 116 Å². The molecule has 2 aromatic heterocycles. The summed E-state index contributed by atoms with van der Waals surface area (Å²) in [6.45, 7) is 5.35. The average Bonchev–Trinajstić information content (AvgIpc) is 3.37. The van der Waals surface area contributed by atoms with E-state index in [0.29, 0.717) is 17.0 Å². The summed E-state index contributed by atoms with van der Waals surface area (Å²) in [6.07, 6.45) is 0. The van der Waals surface area contributed by atoms with Gasteiger partial charge in [0.2, 0.25) is 0 Å². The third-order valence-electron chi connectivity index (χ3n) is 5.49. The van der Waals surface area contributed by atoms with Crippen LogP contribution in [0.25, 0.3) is 10.2 Å². The first-order valence-electron chi connectivity index (χ1n) is 10.5. The molecular formula is C24H22N4O5S. The van der Waals surface area contributed by atoms with Crippen LogP contribution in [-0.2, 0) is 16.1 Å². The SMILES string of the molecule is Cc1ccc([N+](=O)[O-])c(NC(=O)COC(=O)c2cc3c(C)nn(Cc4ccccc4)c3s2)c1C. The largest absolute Gasteiger partial charge is 0.451 e. The van der Waals surface area contributed by atoms with Gasteiger partial charge in [-0.15, -0.1) is 11.3 Å². The number of amides is 1. The predicted molar refractivity (Wildman–Crippen MR) is 129 cm³/mol. The Morgan fingerprint density at radius 3 is 2.59 bits per heavy atom. The number of anilines is 1. The Hall–Kier alpha value is -4.05. The highest BCUT2D eigenvalue weighted by atomic mass is 32.1. The molecule has 0 saturated carbocycles. The number of nitrogens with one attached hydrogen (secondary N) is 1. The first kappa shape index (κ1) is 23.1. The second kappa shape index (κ2) is 9.44. The molecule has 0 fully saturated rings. The van der Waals surface area contributed by atoms with Gasteiger partial charge in [0.1, 0.15) is 15.4 Å². The van der Waals surface area contributed by atoms with E-state index in [1.165, 1.54) is 17.4 Å². The molecule has 4 rings (SSSR count). The van der Waals surface area contributed by atoms with E-state index < -0.39 is 23.4 Å². The molecule has 0 unspecified atom stereocenters. The summed E-state index contributed by atoms with van der Waals surface area (Å²) >= 11 is 1.24. The molecule has 0 atom stereocenters. The maximum absolute atomic E-state index is 12.6. The summed E-state index contributed by atoms with van der Waals surface area (Å²) in [7, 11) is 0. The van der Waals surface area contributed by atoms with Gasteiger partial charge in [-0.05, 0) is 43.5 Å². The van der Waals surface area contributed by atoms with Gasteiger partial charge in [-0.1, -0.05) is 36.4 Å². The Bertz CT molecular complexity index is 1410. The third-order valence-corrected chi connectivity index (χ3v) is 6.62. The number of ether oxygens (including phenoxy) is 1. The molecule has 2 aromatic carbocycles. The van der Waals surface area contributed by atoms with E-state index in [9.17, 15) is 19.7 Å². The molecule has 0 aliphatic carbocycles. The number of hydrogen-bond acceptors (Lipinski definition) is 7. The first-order chi connectivity index (χ1) is 16.2. The number of aryl methyl sites for hydroxylation is 2. The number of nitrogens with zero attached hydrogens (tertiary/aromatic N) is 3. The molecule has 2 heterocycles. The number of thiophene rings is 1. The van der Waals surface area contributed by atoms with Gasteiger partial charge in [0.15, 0.2) is 6.61 Å². The summed E-state index contributed by atoms with van der Waals surface area (Å²) in [5.74, 6) is -1.30. The van der Waals surface area contributed by atoms with Gasteiger partial charge in [-0.25, -0.2) is 4.79 Å². The van der Waals surface area contributed by atoms with Crippen molar-refractivity contribution in [3.63, 3.8) is 0 Å². The summed E-state index contributed by atoms with van der Waals surface area (Å²) in [6, 6.07) is 14.5. The van der Waals surface area contributed by atoms with Crippen LogP contribution in [0.4, 0.5) is 11.4 Å². The monoisotopic (exact) mass is 478 g/mol. The molecule has 4 aromatic rings. The van der Waals surface area contributed by atoms with Crippen molar-refractivity contribution < 1.29 is 19.2 Å². The minimum Gasteiger partial charge on any atom is -0.451 e. The molecule has 34 heavy (non-hydrogen) atoms. The number of carbonyl (C=O) groups is 2. The van der Waals surface area contributed by atoms with E-state index in [1.807, 2.05) is 41.9 Å². The van der Waals surface area contributed by atoms with Gasteiger partial charge in [-0.3, -0.25) is 19.6 Å². The maximum Gasteiger partial charge on any atom is 0.348 e. The molecule has 0 saturated heterocycles. The van der Waals surface area contributed by atoms with E-state index in [-0.39, 0.29) is 11.4 Å². The number of rotatable bonds is 7. The quantitative estimate of drug-likeness (QED) is 0.232. The van der Waals surface area contributed by atoms with E-state index in [0.717, 1.165) is 27.0 Å². The van der Waals surface area contributed by atoms with E-state index in [1.54, 1.807) is 26.0 Å². The summed E-state index contributed by atoms with van der Waals surface area (Å²) < 4.78 is 7.03. The van der Waals surface area contributed by atoms with Gasteiger partial charge >= 0.3 is 5.97 Å². The van der Waals surface area contributed by atoms with Crippen LogP contribution in [0.2, 0.25) is 0 Å². The lowest BCUT2D eigenvalue weighted by atomic mass is 10.1. The van der Waals surface area contributed by atoms with E-state index in [4.69, 9.17) is 4.74 Å². The van der Waals surface area contributed by atoms with E-state index >= 15 is 0 Å². The minimum absolute atomic E-state index is 0.101. The number of carbonyl (C=O) groups excluding carboxylic acids is 2. The van der Waals surface area contributed by atoms with Crippen molar-refractivity contribution in [3.05, 3.63) is 85.9 Å². The summed E-state index contributed by atoms with van der Waals surface area (Å²) in [5.41, 5.74) is 3.14. The molecule has 0 aliphatic rings. The molecule has 1 N–H and O–H groups in total. The van der Waals surface area contributed by atoms with Crippen molar-refractivity contribution in [1.29, 1.82) is 0 Å². The van der Waals surface area contributed by atoms with Gasteiger partial charge < -0.3 is 10.1 Å². The number of hydrogen-bond donors (Lipinski definition) is 1. The lowest BCUT2D eigenvalue weighted by Gasteiger charge is -2.11. The van der Waals surface area contributed by atoms with Crippen molar-refractivity contribution >= 4 is 44.8 Å². The van der Waals surface area contributed by atoms with Crippen LogP contribution >= 0.6 is 11.3 Å². The number of fused-ring (bicyclic) bond motifs is 1. The number of nitro benzene ring substituents is 1. The van der Waals surface area contributed by atoms with Crippen LogP contribution < -0.4 is 5.32 Å². The van der Waals surface area contributed by atoms with Gasteiger partial charge in [0.05, 0.1) is 17.2 Å². The Kier molecular flexibility index (Phi) is 6.42. The normalized spacial score (nSPS) is 10.9. The fourth-order valence-corrected chi connectivity index (χ4v) is 4.62. The third kappa shape index (κ3) is 4.67. The summed E-state index contributed by atoms with van der Waals surface area (Å²) in [4.78, 5) is 36.9. The number of nitro groups is 1. The molecule has 0 spiro atoms. The molecule has 0 aliphatic heterocycles. The second-order valence-corrected chi connectivity index (χ2v) is 8.87. The lowest BCUT2D eigenvalue weighted by Crippen LogP contribution is -2.21. The highest BCUT2D eigenvalue weighted by Crippen LogP contribution is 2.31. The van der Waals surface area contributed by atoms with Crippen molar-refractivity contribution in [2.24, 2.45) is 0 Å². The Balaban J connectivity index is 1.46. The fourth-order valence-electron chi connectivity index (χ4n) is 3.57. The molecule has 10 heteroatoms. The standard InChI is InChI=1S/C24H22N4O5S/c1-14-9-10-19(28(31)32)22(15(14)2)25-21(29)13-33-24(30)20-11-18-16(3)26-27(23(18)34-20)12-17-7-5-4-6-8-17/h4-11H,12-13H2,1-3H3,(H,25,29). The zero-order valence-electron chi connectivity index (χ0n) is 18.8. The predicted octanol–water partition coefficient (Wildman–Crippen LogP) is 4.78. The number of aromatic nitrogens is 2. The molecule has 0 radical (unpaired) electrons. The lowest BCUT2D eigenvalue weighted by molar-refractivity contribution is -0.384. The van der Waals surface area contributed by atoms with Gasteiger partial charge in [-0.2, -0.15) is 5.10 Å². The molecule has 1 amide bonds. The van der Waals surface area contributed by atoms with Crippen molar-refractivity contribution in [2.45, 2.75) is 27.3 Å². The van der Waals surface area contributed by atoms with Crippen LogP contribution in [-0.4, -0.2) is 33.2 Å². The smallest absolute Gasteiger partial charge is 0.348 e. The van der Waals surface area contributed by atoms with Crippen LogP contribution in [0.15, 0.2) is 48.5 Å². The molecule has 9 nitrogen and oxygen atoms in total. The Morgan fingerprint density at radius 1 is 1.15 bits per heavy atom. The minimum atomic E-state index is -0.655. The van der Waals surface area contributed by atoms with Crippen molar-refractivity contribution in [3.8, 4) is 0 Å². The highest BCUT2D eigenvalue weighted by molar-refractivity contribution is 7.20. The highest BCUT2D eigenvalue weighted by Gasteiger charge is 2.21. The zero-order chi connectivity index (χ0) is 24.4. The van der Waals surface area contributed by atoms with Crippen molar-refractivity contribution in [1.82, 2.24) is 9.78 Å². The first-order valence-corrected chi connectivity index (χ1v) is 11.3.